The molecule has 2 fully saturated rings. The van der Waals surface area contributed by atoms with Crippen LogP contribution in [0.25, 0.3) is 0 Å². The van der Waals surface area contributed by atoms with E-state index in [-0.39, 0.29) is 18.1 Å². The Morgan fingerprint density at radius 1 is 1.26 bits per heavy atom. The molecule has 0 spiro atoms. The summed E-state index contributed by atoms with van der Waals surface area (Å²) in [7, 11) is 0. The second-order valence-electron chi connectivity index (χ2n) is 6.50. The molecule has 1 saturated carbocycles. The Bertz CT molecular complexity index is 693. The first-order valence-electron chi connectivity index (χ1n) is 8.22. The first-order valence-corrected chi connectivity index (χ1v) is 8.22. The van der Waals surface area contributed by atoms with E-state index in [0.29, 0.717) is 24.7 Å². The summed E-state index contributed by atoms with van der Waals surface area (Å²) in [5.74, 6) is 0.593. The van der Waals surface area contributed by atoms with E-state index in [1.165, 1.54) is 12.8 Å². The van der Waals surface area contributed by atoms with Crippen LogP contribution in [-0.4, -0.2) is 40.0 Å². The van der Waals surface area contributed by atoms with Gasteiger partial charge in [0.25, 0.3) is 5.91 Å². The number of aryl methyl sites for hydroxylation is 1. The molecule has 1 N–H and O–H groups in total. The third kappa shape index (κ3) is 2.88. The van der Waals surface area contributed by atoms with Crippen LogP contribution >= 0.6 is 0 Å². The highest BCUT2D eigenvalue weighted by molar-refractivity contribution is 5.93. The number of H-pyrrole nitrogens is 1. The molecule has 1 saturated heterocycles. The standard InChI is InChI=1S/C18H21N3O2/c1-12-17(20-11-19-12)18(22)21-9-15(13-5-3-2-4-6-13)23-16(10-21)14-7-8-14/h2-6,11,14-16H,7-10H2,1H3,(H,19,20)/t15-,16+/m0/s1. The summed E-state index contributed by atoms with van der Waals surface area (Å²) in [5.41, 5.74) is 2.48. The second kappa shape index (κ2) is 5.81. The number of benzene rings is 1. The van der Waals surface area contributed by atoms with Gasteiger partial charge in [-0.05, 0) is 31.2 Å². The van der Waals surface area contributed by atoms with Gasteiger partial charge in [0.2, 0.25) is 0 Å². The van der Waals surface area contributed by atoms with Crippen molar-refractivity contribution in [3.8, 4) is 0 Å². The van der Waals surface area contributed by atoms with Crippen LogP contribution in [0.4, 0.5) is 0 Å². The van der Waals surface area contributed by atoms with Gasteiger partial charge in [-0.1, -0.05) is 30.3 Å². The highest BCUT2D eigenvalue weighted by Crippen LogP contribution is 2.39. The van der Waals surface area contributed by atoms with E-state index in [1.54, 1.807) is 6.33 Å². The second-order valence-corrected chi connectivity index (χ2v) is 6.50. The molecule has 23 heavy (non-hydrogen) atoms. The fourth-order valence-electron chi connectivity index (χ4n) is 3.26. The molecular formula is C18H21N3O2. The lowest BCUT2D eigenvalue weighted by Gasteiger charge is -2.38. The molecule has 5 nitrogen and oxygen atoms in total. The van der Waals surface area contributed by atoms with Crippen LogP contribution in [0.2, 0.25) is 0 Å². The molecule has 2 heterocycles. The number of nitrogens with one attached hydrogen (secondary N) is 1. The number of ether oxygens (including phenoxy) is 1. The van der Waals surface area contributed by atoms with E-state index in [4.69, 9.17) is 4.74 Å². The molecule has 5 heteroatoms. The third-order valence-corrected chi connectivity index (χ3v) is 4.76. The van der Waals surface area contributed by atoms with E-state index in [2.05, 4.69) is 22.1 Å². The van der Waals surface area contributed by atoms with Crippen LogP contribution in [0.3, 0.4) is 0 Å². The highest BCUT2D eigenvalue weighted by atomic mass is 16.5. The van der Waals surface area contributed by atoms with Crippen molar-refractivity contribution in [1.82, 2.24) is 14.9 Å². The number of rotatable bonds is 3. The normalized spacial score (nSPS) is 24.7. The molecule has 2 aliphatic rings. The minimum Gasteiger partial charge on any atom is -0.366 e. The van der Waals surface area contributed by atoms with Crippen molar-refractivity contribution in [1.29, 1.82) is 0 Å². The maximum Gasteiger partial charge on any atom is 0.274 e. The minimum absolute atomic E-state index is 0.00127. The molecule has 1 aromatic heterocycles. The van der Waals surface area contributed by atoms with Gasteiger partial charge in [-0.3, -0.25) is 4.79 Å². The van der Waals surface area contributed by atoms with Gasteiger partial charge in [0.15, 0.2) is 0 Å². The van der Waals surface area contributed by atoms with E-state index < -0.39 is 0 Å². The van der Waals surface area contributed by atoms with Crippen LogP contribution in [0.15, 0.2) is 36.7 Å². The van der Waals surface area contributed by atoms with Crippen molar-refractivity contribution >= 4 is 5.91 Å². The van der Waals surface area contributed by atoms with E-state index in [9.17, 15) is 4.79 Å². The van der Waals surface area contributed by atoms with Gasteiger partial charge in [0.05, 0.1) is 19.0 Å². The van der Waals surface area contributed by atoms with E-state index in [1.807, 2.05) is 30.0 Å². The van der Waals surface area contributed by atoms with Gasteiger partial charge in [0, 0.05) is 12.2 Å². The molecule has 0 bridgehead atoms. The molecule has 0 radical (unpaired) electrons. The average Bonchev–Trinajstić information content (AvgIpc) is 3.36. The molecule has 1 amide bonds. The molecule has 2 aromatic rings. The first kappa shape index (κ1) is 14.5. The zero-order chi connectivity index (χ0) is 15.8. The topological polar surface area (TPSA) is 58.2 Å². The van der Waals surface area contributed by atoms with Crippen molar-refractivity contribution in [2.24, 2.45) is 5.92 Å². The quantitative estimate of drug-likeness (QED) is 0.948. The SMILES string of the molecule is Cc1[nH]cnc1C(=O)N1C[C@@H](c2ccccc2)O[C@@H](C2CC2)C1. The number of hydrogen-bond donors (Lipinski definition) is 1. The maximum atomic E-state index is 12.8. The number of carbonyl (C=O) groups is 1. The van der Waals surface area contributed by atoms with Crippen molar-refractivity contribution in [3.05, 3.63) is 53.6 Å². The maximum absolute atomic E-state index is 12.8. The lowest BCUT2D eigenvalue weighted by atomic mass is 10.0. The summed E-state index contributed by atoms with van der Waals surface area (Å²) >= 11 is 0. The molecule has 1 aliphatic heterocycles. The Balaban J connectivity index is 1.59. The number of carbonyl (C=O) groups excluding carboxylic acids is 1. The third-order valence-electron chi connectivity index (χ3n) is 4.76. The largest absolute Gasteiger partial charge is 0.366 e. The Labute approximate surface area is 135 Å². The Morgan fingerprint density at radius 2 is 2.04 bits per heavy atom. The van der Waals surface area contributed by atoms with Gasteiger partial charge in [-0.15, -0.1) is 0 Å². The van der Waals surface area contributed by atoms with Gasteiger partial charge >= 0.3 is 0 Å². The van der Waals surface area contributed by atoms with Crippen LogP contribution in [0, 0.1) is 12.8 Å². The zero-order valence-electron chi connectivity index (χ0n) is 13.2. The van der Waals surface area contributed by atoms with Crippen molar-refractivity contribution in [2.45, 2.75) is 32.0 Å². The molecule has 0 unspecified atom stereocenters. The van der Waals surface area contributed by atoms with Gasteiger partial charge in [-0.2, -0.15) is 0 Å². The molecule has 4 rings (SSSR count). The summed E-state index contributed by atoms with van der Waals surface area (Å²) in [4.78, 5) is 21.9. The van der Waals surface area contributed by atoms with Crippen LogP contribution in [-0.2, 0) is 4.74 Å². The lowest BCUT2D eigenvalue weighted by Crippen LogP contribution is -2.48. The highest BCUT2D eigenvalue weighted by Gasteiger charge is 2.40. The predicted octanol–water partition coefficient (Wildman–Crippen LogP) is 2.71. The number of hydrogen-bond acceptors (Lipinski definition) is 3. The van der Waals surface area contributed by atoms with E-state index >= 15 is 0 Å². The molecule has 2 atom stereocenters. The fraction of sp³-hybridized carbons (Fsp3) is 0.444. The number of morpholine rings is 1. The average molecular weight is 311 g/mol. The van der Waals surface area contributed by atoms with Crippen molar-refractivity contribution in [2.75, 3.05) is 13.1 Å². The van der Waals surface area contributed by atoms with Crippen molar-refractivity contribution in [3.63, 3.8) is 0 Å². The summed E-state index contributed by atoms with van der Waals surface area (Å²) in [5, 5.41) is 0. The summed E-state index contributed by atoms with van der Waals surface area (Å²) in [6.07, 6.45) is 4.07. The smallest absolute Gasteiger partial charge is 0.274 e. The monoisotopic (exact) mass is 311 g/mol. The van der Waals surface area contributed by atoms with Crippen LogP contribution in [0.5, 0.6) is 0 Å². The Kier molecular flexibility index (Phi) is 3.65. The summed E-state index contributed by atoms with van der Waals surface area (Å²) in [6.45, 7) is 3.13. The van der Waals surface area contributed by atoms with Crippen LogP contribution < -0.4 is 0 Å². The molecule has 1 aromatic carbocycles. The number of aromatic amines is 1. The number of amides is 1. The molecule has 1 aliphatic carbocycles. The fourth-order valence-corrected chi connectivity index (χ4v) is 3.26. The lowest BCUT2D eigenvalue weighted by molar-refractivity contribution is -0.0865. The first-order chi connectivity index (χ1) is 11.2. The van der Waals surface area contributed by atoms with Gasteiger partial charge in [0.1, 0.15) is 11.8 Å². The summed E-state index contributed by atoms with van der Waals surface area (Å²) < 4.78 is 6.30. The zero-order valence-corrected chi connectivity index (χ0v) is 13.2. The van der Waals surface area contributed by atoms with E-state index in [0.717, 1.165) is 11.3 Å². The molecule has 120 valence electrons. The summed E-state index contributed by atoms with van der Waals surface area (Å²) in [6, 6.07) is 10.2. The van der Waals surface area contributed by atoms with Gasteiger partial charge < -0.3 is 14.6 Å². The molecular weight excluding hydrogens is 290 g/mol. The number of imidazole rings is 1. The predicted molar refractivity (Wildman–Crippen MR) is 86.0 cm³/mol. The van der Waals surface area contributed by atoms with Crippen molar-refractivity contribution < 1.29 is 9.53 Å². The van der Waals surface area contributed by atoms with Gasteiger partial charge in [-0.25, -0.2) is 4.98 Å². The number of aromatic nitrogens is 2. The van der Waals surface area contributed by atoms with Crippen LogP contribution in [0.1, 0.15) is 40.7 Å². The Hall–Kier alpha value is -2.14. The Morgan fingerprint density at radius 3 is 2.70 bits per heavy atom. The number of nitrogens with zero attached hydrogens (tertiary/aromatic N) is 2. The minimum atomic E-state index is -0.0567.